The molecule has 0 unspecified atom stereocenters. The van der Waals surface area contributed by atoms with Crippen molar-refractivity contribution in [3.8, 4) is 0 Å². The average molecular weight is 328 g/mol. The lowest BCUT2D eigenvalue weighted by Crippen LogP contribution is -2.25. The first-order valence-electron chi connectivity index (χ1n) is 5.31. The lowest BCUT2D eigenvalue weighted by molar-refractivity contribution is 0.196. The van der Waals surface area contributed by atoms with E-state index in [0.29, 0.717) is 13.0 Å². The predicted molar refractivity (Wildman–Crippen MR) is 71.2 cm³/mol. The van der Waals surface area contributed by atoms with Gasteiger partial charge in [0.05, 0.1) is 9.79 Å². The lowest BCUT2D eigenvalue weighted by Gasteiger charge is -2.06. The number of hydrogen-bond acceptors (Lipinski definition) is 5. The number of methoxy groups -OCH3 is 1. The molecule has 1 aromatic rings. The highest BCUT2D eigenvalue weighted by atomic mass is 35.7. The number of ether oxygens (including phenoxy) is 1. The monoisotopic (exact) mass is 327 g/mol. The minimum atomic E-state index is -3.85. The summed E-state index contributed by atoms with van der Waals surface area (Å²) in [5.41, 5.74) is 0. The smallest absolute Gasteiger partial charge is 0.261 e. The predicted octanol–water partition coefficient (Wildman–Crippen LogP) is 0.929. The van der Waals surface area contributed by atoms with E-state index in [1.54, 1.807) is 0 Å². The Hall–Kier alpha value is -0.670. The number of nitrogens with one attached hydrogen (secondary N) is 1. The van der Waals surface area contributed by atoms with Gasteiger partial charge in [-0.05, 0) is 30.7 Å². The SMILES string of the molecule is COCCCNS(=O)(=O)c1ccc(S(=O)(=O)Cl)cc1. The van der Waals surface area contributed by atoms with Crippen molar-refractivity contribution >= 4 is 29.8 Å². The zero-order valence-corrected chi connectivity index (χ0v) is 12.6. The molecule has 0 atom stereocenters. The van der Waals surface area contributed by atoms with Crippen LogP contribution in [0.25, 0.3) is 0 Å². The van der Waals surface area contributed by atoms with Gasteiger partial charge in [-0.2, -0.15) is 0 Å². The zero-order valence-electron chi connectivity index (χ0n) is 10.2. The first-order chi connectivity index (χ1) is 8.77. The van der Waals surface area contributed by atoms with E-state index < -0.39 is 19.1 Å². The van der Waals surface area contributed by atoms with Crippen LogP contribution in [-0.2, 0) is 23.8 Å². The van der Waals surface area contributed by atoms with E-state index in [-0.39, 0.29) is 16.3 Å². The quantitative estimate of drug-likeness (QED) is 0.594. The molecule has 0 fully saturated rings. The van der Waals surface area contributed by atoms with Crippen LogP contribution < -0.4 is 4.72 Å². The molecular formula is C10H14ClNO5S2. The lowest BCUT2D eigenvalue weighted by atomic mass is 10.4. The Labute approximate surface area is 117 Å². The van der Waals surface area contributed by atoms with Crippen molar-refractivity contribution in [2.75, 3.05) is 20.3 Å². The van der Waals surface area contributed by atoms with E-state index in [0.717, 1.165) is 12.1 Å². The summed E-state index contributed by atoms with van der Waals surface area (Å²) in [4.78, 5) is -0.165. The molecule has 6 nitrogen and oxygen atoms in total. The molecule has 108 valence electrons. The third-order valence-corrected chi connectivity index (χ3v) is 5.08. The molecule has 1 aromatic carbocycles. The molecule has 0 heterocycles. The second-order valence-electron chi connectivity index (χ2n) is 3.65. The number of halogens is 1. The average Bonchev–Trinajstić information content (AvgIpc) is 2.34. The molecule has 0 saturated heterocycles. The Balaban J connectivity index is 2.80. The van der Waals surface area contributed by atoms with Crippen LogP contribution in [0.1, 0.15) is 6.42 Å². The molecule has 0 aliphatic rings. The van der Waals surface area contributed by atoms with Gasteiger partial charge in [-0.3, -0.25) is 0 Å². The fourth-order valence-corrected chi connectivity index (χ4v) is 3.13. The first-order valence-corrected chi connectivity index (χ1v) is 9.10. The summed E-state index contributed by atoms with van der Waals surface area (Å²) < 4.78 is 52.9. The van der Waals surface area contributed by atoms with Crippen molar-refractivity contribution in [2.24, 2.45) is 0 Å². The molecule has 0 spiro atoms. The van der Waals surface area contributed by atoms with Gasteiger partial charge in [0.1, 0.15) is 0 Å². The van der Waals surface area contributed by atoms with Gasteiger partial charge < -0.3 is 4.74 Å². The molecule has 0 saturated carbocycles. The zero-order chi connectivity index (χ0) is 14.5. The van der Waals surface area contributed by atoms with Crippen molar-refractivity contribution in [1.29, 1.82) is 0 Å². The highest BCUT2D eigenvalue weighted by Crippen LogP contribution is 2.17. The molecule has 0 radical (unpaired) electrons. The summed E-state index contributed by atoms with van der Waals surface area (Å²) in [6, 6.07) is 4.67. The van der Waals surface area contributed by atoms with E-state index in [9.17, 15) is 16.8 Å². The van der Waals surface area contributed by atoms with Crippen LogP contribution in [0, 0.1) is 0 Å². The van der Waals surface area contributed by atoms with Crippen LogP contribution in [-0.4, -0.2) is 37.1 Å². The minimum absolute atomic E-state index is 0.0195. The summed E-state index contributed by atoms with van der Waals surface area (Å²) in [5, 5.41) is 0. The van der Waals surface area contributed by atoms with Crippen LogP contribution in [0.5, 0.6) is 0 Å². The summed E-state index contributed by atoms with van der Waals surface area (Å²) in [5.74, 6) is 0. The van der Waals surface area contributed by atoms with Crippen LogP contribution >= 0.6 is 10.7 Å². The maximum absolute atomic E-state index is 11.8. The summed E-state index contributed by atoms with van der Waals surface area (Å²) in [7, 11) is -0.831. The largest absolute Gasteiger partial charge is 0.385 e. The molecular weight excluding hydrogens is 314 g/mol. The van der Waals surface area contributed by atoms with Crippen LogP contribution in [0.4, 0.5) is 0 Å². The maximum atomic E-state index is 11.8. The number of benzene rings is 1. The second kappa shape index (κ2) is 6.67. The fourth-order valence-electron chi connectivity index (χ4n) is 1.29. The minimum Gasteiger partial charge on any atom is -0.385 e. The van der Waals surface area contributed by atoms with E-state index in [4.69, 9.17) is 15.4 Å². The van der Waals surface area contributed by atoms with Gasteiger partial charge in [0.15, 0.2) is 0 Å². The van der Waals surface area contributed by atoms with Crippen molar-refractivity contribution < 1.29 is 21.6 Å². The first kappa shape index (κ1) is 16.4. The normalized spacial score (nSPS) is 12.5. The van der Waals surface area contributed by atoms with Crippen molar-refractivity contribution in [3.63, 3.8) is 0 Å². The molecule has 0 aliphatic carbocycles. The molecule has 1 N–H and O–H groups in total. The third-order valence-electron chi connectivity index (χ3n) is 2.23. The molecule has 19 heavy (non-hydrogen) atoms. The van der Waals surface area contributed by atoms with E-state index in [2.05, 4.69) is 4.72 Å². The van der Waals surface area contributed by atoms with Gasteiger partial charge in [-0.15, -0.1) is 0 Å². The van der Waals surface area contributed by atoms with E-state index >= 15 is 0 Å². The van der Waals surface area contributed by atoms with Crippen LogP contribution in [0.15, 0.2) is 34.1 Å². The van der Waals surface area contributed by atoms with Gasteiger partial charge in [0.25, 0.3) is 9.05 Å². The van der Waals surface area contributed by atoms with Gasteiger partial charge in [0, 0.05) is 30.9 Å². The van der Waals surface area contributed by atoms with Crippen molar-refractivity contribution in [3.05, 3.63) is 24.3 Å². The molecule has 0 aromatic heterocycles. The molecule has 9 heteroatoms. The molecule has 0 bridgehead atoms. The fraction of sp³-hybridized carbons (Fsp3) is 0.400. The molecule has 0 aliphatic heterocycles. The summed E-state index contributed by atoms with van der Waals surface area (Å²) in [6.07, 6.45) is 0.546. The highest BCUT2D eigenvalue weighted by Gasteiger charge is 2.15. The van der Waals surface area contributed by atoms with Crippen LogP contribution in [0.3, 0.4) is 0 Å². The van der Waals surface area contributed by atoms with Crippen LogP contribution in [0.2, 0.25) is 0 Å². The Morgan fingerprint density at radius 3 is 2.11 bits per heavy atom. The number of sulfonamides is 1. The Morgan fingerprint density at radius 1 is 1.11 bits per heavy atom. The summed E-state index contributed by atoms with van der Waals surface area (Å²) in [6.45, 7) is 0.692. The van der Waals surface area contributed by atoms with Gasteiger partial charge in [0.2, 0.25) is 10.0 Å². The van der Waals surface area contributed by atoms with Crippen molar-refractivity contribution in [1.82, 2.24) is 4.72 Å². The summed E-state index contributed by atoms with van der Waals surface area (Å²) >= 11 is 0. The third kappa shape index (κ3) is 5.07. The highest BCUT2D eigenvalue weighted by molar-refractivity contribution is 8.13. The van der Waals surface area contributed by atoms with E-state index in [1.807, 2.05) is 0 Å². The Kier molecular flexibility index (Phi) is 5.75. The molecule has 1 rings (SSSR count). The van der Waals surface area contributed by atoms with E-state index in [1.165, 1.54) is 19.2 Å². The van der Waals surface area contributed by atoms with Gasteiger partial charge in [-0.1, -0.05) is 0 Å². The Bertz CT molecular complexity index is 610. The van der Waals surface area contributed by atoms with Gasteiger partial charge >= 0.3 is 0 Å². The standard InChI is InChI=1S/C10H14ClNO5S2/c1-17-8-2-7-12-19(15,16)10-5-3-9(4-6-10)18(11,13)14/h3-6,12H,2,7-8H2,1H3. The second-order valence-corrected chi connectivity index (χ2v) is 7.99. The van der Waals surface area contributed by atoms with Gasteiger partial charge in [-0.25, -0.2) is 21.6 Å². The number of rotatable bonds is 7. The topological polar surface area (TPSA) is 89.5 Å². The molecule has 0 amide bonds. The van der Waals surface area contributed by atoms with Crippen molar-refractivity contribution in [2.45, 2.75) is 16.2 Å². The Morgan fingerprint density at radius 2 is 1.63 bits per heavy atom. The maximum Gasteiger partial charge on any atom is 0.261 e. The number of hydrogen-bond donors (Lipinski definition) is 1.